The van der Waals surface area contributed by atoms with Crippen molar-refractivity contribution in [2.45, 2.75) is 19.4 Å². The van der Waals surface area contributed by atoms with Crippen molar-refractivity contribution in [2.24, 2.45) is 0 Å². The van der Waals surface area contributed by atoms with Gasteiger partial charge >= 0.3 is 11.8 Å². The highest BCUT2D eigenvalue weighted by Crippen LogP contribution is 2.14. The SMILES string of the molecule is CCc1ccc(C(CO)NC(=O)C(=O)Nc2ccccc2)cc1. The van der Waals surface area contributed by atoms with E-state index in [1.807, 2.05) is 37.3 Å². The highest BCUT2D eigenvalue weighted by molar-refractivity contribution is 6.39. The molecule has 1 unspecified atom stereocenters. The van der Waals surface area contributed by atoms with Gasteiger partial charge in [-0.15, -0.1) is 0 Å². The van der Waals surface area contributed by atoms with E-state index in [1.165, 1.54) is 5.56 Å². The van der Waals surface area contributed by atoms with Crippen LogP contribution in [0.1, 0.15) is 24.1 Å². The lowest BCUT2D eigenvalue weighted by molar-refractivity contribution is -0.136. The molecular formula is C18H20N2O3. The zero-order valence-electron chi connectivity index (χ0n) is 13.0. The Morgan fingerprint density at radius 2 is 1.65 bits per heavy atom. The molecule has 0 radical (unpaired) electrons. The molecule has 120 valence electrons. The summed E-state index contributed by atoms with van der Waals surface area (Å²) in [5.74, 6) is -1.55. The fourth-order valence-electron chi connectivity index (χ4n) is 2.15. The van der Waals surface area contributed by atoms with E-state index in [0.29, 0.717) is 5.69 Å². The fraction of sp³-hybridized carbons (Fsp3) is 0.222. The summed E-state index contributed by atoms with van der Waals surface area (Å²) in [5, 5.41) is 14.5. The van der Waals surface area contributed by atoms with Crippen molar-refractivity contribution in [3.8, 4) is 0 Å². The van der Waals surface area contributed by atoms with Crippen LogP contribution in [0.4, 0.5) is 5.69 Å². The van der Waals surface area contributed by atoms with Gasteiger partial charge in [0.2, 0.25) is 0 Å². The Labute approximate surface area is 135 Å². The summed E-state index contributed by atoms with van der Waals surface area (Å²) in [6, 6.07) is 15.7. The molecule has 0 aliphatic carbocycles. The largest absolute Gasteiger partial charge is 0.394 e. The number of rotatable bonds is 5. The van der Waals surface area contributed by atoms with Crippen LogP contribution in [0.25, 0.3) is 0 Å². The first-order valence-corrected chi connectivity index (χ1v) is 7.50. The van der Waals surface area contributed by atoms with Crippen LogP contribution in [0.5, 0.6) is 0 Å². The lowest BCUT2D eigenvalue weighted by Gasteiger charge is -2.17. The molecule has 0 bridgehead atoms. The van der Waals surface area contributed by atoms with Crippen LogP contribution in [0.15, 0.2) is 54.6 Å². The lowest BCUT2D eigenvalue weighted by atomic mass is 10.0. The first kappa shape index (κ1) is 16.7. The molecule has 2 amide bonds. The van der Waals surface area contributed by atoms with Crippen molar-refractivity contribution in [1.82, 2.24) is 5.32 Å². The standard InChI is InChI=1S/C18H20N2O3/c1-2-13-8-10-14(11-9-13)16(12-21)20-18(23)17(22)19-15-6-4-3-5-7-15/h3-11,16,21H,2,12H2,1H3,(H,19,22)(H,20,23). The molecule has 2 rings (SSSR count). The van der Waals surface area contributed by atoms with Gasteiger partial charge in [-0.1, -0.05) is 49.4 Å². The third-order valence-corrected chi connectivity index (χ3v) is 3.52. The van der Waals surface area contributed by atoms with Crippen LogP contribution >= 0.6 is 0 Å². The van der Waals surface area contributed by atoms with Crippen molar-refractivity contribution in [2.75, 3.05) is 11.9 Å². The van der Waals surface area contributed by atoms with Gasteiger partial charge in [0.15, 0.2) is 0 Å². The summed E-state index contributed by atoms with van der Waals surface area (Å²) in [4.78, 5) is 23.9. The van der Waals surface area contributed by atoms with Gasteiger partial charge in [0.25, 0.3) is 0 Å². The zero-order chi connectivity index (χ0) is 16.7. The number of para-hydroxylation sites is 1. The van der Waals surface area contributed by atoms with Crippen LogP contribution in [-0.2, 0) is 16.0 Å². The maximum absolute atomic E-state index is 12.0. The van der Waals surface area contributed by atoms with E-state index in [9.17, 15) is 14.7 Å². The van der Waals surface area contributed by atoms with Crippen molar-refractivity contribution < 1.29 is 14.7 Å². The van der Waals surface area contributed by atoms with Crippen LogP contribution < -0.4 is 10.6 Å². The Bertz CT molecular complexity index is 654. The van der Waals surface area contributed by atoms with Gasteiger partial charge in [0, 0.05) is 5.69 Å². The number of benzene rings is 2. The lowest BCUT2D eigenvalue weighted by Crippen LogP contribution is -2.39. The maximum Gasteiger partial charge on any atom is 0.313 e. The van der Waals surface area contributed by atoms with Crippen LogP contribution in [0.2, 0.25) is 0 Å². The molecule has 0 aliphatic rings. The third-order valence-electron chi connectivity index (χ3n) is 3.52. The van der Waals surface area contributed by atoms with E-state index in [1.54, 1.807) is 24.3 Å². The molecule has 1 atom stereocenters. The Hall–Kier alpha value is -2.66. The predicted molar refractivity (Wildman–Crippen MR) is 88.9 cm³/mol. The van der Waals surface area contributed by atoms with Gasteiger partial charge in [-0.3, -0.25) is 9.59 Å². The monoisotopic (exact) mass is 312 g/mol. The smallest absolute Gasteiger partial charge is 0.313 e. The number of aliphatic hydroxyl groups excluding tert-OH is 1. The molecule has 0 aliphatic heterocycles. The topological polar surface area (TPSA) is 78.4 Å². The van der Waals surface area contributed by atoms with E-state index in [2.05, 4.69) is 10.6 Å². The number of anilines is 1. The number of carbonyl (C=O) groups excluding carboxylic acids is 2. The molecular weight excluding hydrogens is 292 g/mol. The molecule has 0 fully saturated rings. The minimum Gasteiger partial charge on any atom is -0.394 e. The van der Waals surface area contributed by atoms with E-state index in [-0.39, 0.29) is 6.61 Å². The van der Waals surface area contributed by atoms with Crippen LogP contribution in [-0.4, -0.2) is 23.5 Å². The van der Waals surface area contributed by atoms with Crippen molar-refractivity contribution in [3.05, 3.63) is 65.7 Å². The number of aliphatic hydroxyl groups is 1. The quantitative estimate of drug-likeness (QED) is 0.739. The highest BCUT2D eigenvalue weighted by Gasteiger charge is 2.19. The van der Waals surface area contributed by atoms with Crippen LogP contribution in [0, 0.1) is 0 Å². The maximum atomic E-state index is 12.0. The molecule has 0 saturated heterocycles. The van der Waals surface area contributed by atoms with E-state index < -0.39 is 17.9 Å². The molecule has 5 heteroatoms. The zero-order valence-corrected chi connectivity index (χ0v) is 13.0. The fourth-order valence-corrected chi connectivity index (χ4v) is 2.15. The summed E-state index contributed by atoms with van der Waals surface area (Å²) >= 11 is 0. The molecule has 5 nitrogen and oxygen atoms in total. The van der Waals surface area contributed by atoms with E-state index >= 15 is 0 Å². The average Bonchev–Trinajstić information content (AvgIpc) is 2.60. The molecule has 2 aromatic carbocycles. The molecule has 3 N–H and O–H groups in total. The first-order valence-electron chi connectivity index (χ1n) is 7.50. The second-order valence-corrected chi connectivity index (χ2v) is 5.12. The Morgan fingerprint density at radius 3 is 2.22 bits per heavy atom. The minimum atomic E-state index is -0.785. The molecule has 23 heavy (non-hydrogen) atoms. The number of hydrogen-bond donors (Lipinski definition) is 3. The minimum absolute atomic E-state index is 0.282. The molecule has 0 spiro atoms. The van der Waals surface area contributed by atoms with Gasteiger partial charge in [0.1, 0.15) is 0 Å². The van der Waals surface area contributed by atoms with E-state index in [4.69, 9.17) is 0 Å². The van der Waals surface area contributed by atoms with Gasteiger partial charge < -0.3 is 15.7 Å². The van der Waals surface area contributed by atoms with Crippen molar-refractivity contribution in [3.63, 3.8) is 0 Å². The number of amides is 2. The summed E-state index contributed by atoms with van der Waals surface area (Å²) in [6.45, 7) is 1.77. The molecule has 2 aromatic rings. The van der Waals surface area contributed by atoms with Gasteiger partial charge in [0.05, 0.1) is 12.6 Å². The summed E-state index contributed by atoms with van der Waals surface area (Å²) < 4.78 is 0. The summed E-state index contributed by atoms with van der Waals surface area (Å²) in [7, 11) is 0. The predicted octanol–water partition coefficient (Wildman–Crippen LogP) is 2.04. The molecule has 0 aromatic heterocycles. The number of aryl methyl sites for hydroxylation is 1. The van der Waals surface area contributed by atoms with Crippen LogP contribution in [0.3, 0.4) is 0 Å². The first-order chi connectivity index (χ1) is 11.1. The Morgan fingerprint density at radius 1 is 1.00 bits per heavy atom. The van der Waals surface area contributed by atoms with Crippen molar-refractivity contribution >= 4 is 17.5 Å². The second-order valence-electron chi connectivity index (χ2n) is 5.12. The Kier molecular flexibility index (Phi) is 5.88. The summed E-state index contributed by atoms with van der Waals surface area (Å²) in [6.07, 6.45) is 0.913. The number of nitrogens with one attached hydrogen (secondary N) is 2. The number of hydrogen-bond acceptors (Lipinski definition) is 3. The molecule has 0 heterocycles. The third kappa shape index (κ3) is 4.66. The van der Waals surface area contributed by atoms with Gasteiger partial charge in [-0.05, 0) is 29.7 Å². The number of carbonyl (C=O) groups is 2. The van der Waals surface area contributed by atoms with Crippen molar-refractivity contribution in [1.29, 1.82) is 0 Å². The second kappa shape index (κ2) is 8.10. The highest BCUT2D eigenvalue weighted by atomic mass is 16.3. The molecule has 0 saturated carbocycles. The van der Waals surface area contributed by atoms with Gasteiger partial charge in [-0.2, -0.15) is 0 Å². The normalized spacial score (nSPS) is 11.6. The summed E-state index contributed by atoms with van der Waals surface area (Å²) in [5.41, 5.74) is 2.46. The Balaban J connectivity index is 1.99. The van der Waals surface area contributed by atoms with Gasteiger partial charge in [-0.25, -0.2) is 0 Å². The van der Waals surface area contributed by atoms with E-state index in [0.717, 1.165) is 12.0 Å². The average molecular weight is 312 g/mol.